The molecule has 0 aliphatic rings. The largest absolute Gasteiger partial charge is 0.506 e. The summed E-state index contributed by atoms with van der Waals surface area (Å²) < 4.78 is 38.2. The highest BCUT2D eigenvalue weighted by atomic mass is 16.6. The van der Waals surface area contributed by atoms with Crippen molar-refractivity contribution in [3.8, 4) is 33.8 Å². The normalized spacial score (nSPS) is 11.7. The van der Waals surface area contributed by atoms with Crippen molar-refractivity contribution >= 4 is 81.3 Å². The van der Waals surface area contributed by atoms with Crippen LogP contribution in [0.4, 0.5) is 21.2 Å². The Bertz CT molecular complexity index is 4330. The number of rotatable bonds is 29. The first kappa shape index (κ1) is 78.0. The van der Waals surface area contributed by atoms with Crippen LogP contribution in [0.3, 0.4) is 0 Å². The number of hydrogen-bond acceptors (Lipinski definition) is 20. The number of carbonyl (C=O) groups is 8. The van der Waals surface area contributed by atoms with Crippen LogP contribution < -0.4 is 25.2 Å². The van der Waals surface area contributed by atoms with Gasteiger partial charge in [0, 0.05) is 74.1 Å². The minimum absolute atomic E-state index is 0. The molecule has 102 heavy (non-hydrogen) atoms. The highest BCUT2D eigenvalue weighted by molar-refractivity contribution is 5.95. The van der Waals surface area contributed by atoms with Crippen LogP contribution >= 0.6 is 0 Å². The third-order valence-corrected chi connectivity index (χ3v) is 15.9. The summed E-state index contributed by atoms with van der Waals surface area (Å²) in [5.41, 5.74) is 8.17. The number of aromatic hydroxyl groups is 1. The van der Waals surface area contributed by atoms with Crippen molar-refractivity contribution in [1.82, 2.24) is 30.6 Å². The number of nitrogens with zero attached hydrogens (tertiary/aromatic N) is 6. The van der Waals surface area contributed by atoms with Gasteiger partial charge in [-0.3, -0.25) is 38.6 Å². The van der Waals surface area contributed by atoms with Gasteiger partial charge < -0.3 is 48.3 Å². The number of nitrogens with one attached hydrogen (secondary N) is 2. The number of ketones is 2. The number of phenolic OH excluding ortho intramolecular Hbond substituents is 1. The summed E-state index contributed by atoms with van der Waals surface area (Å²) in [7, 11) is 2.59. The van der Waals surface area contributed by atoms with E-state index in [-0.39, 0.29) is 101 Å². The number of Topliss-reactive ketones (excluding diaryl/α,β-unsaturated/α-hetero) is 2. The molecule has 9 aromatic rings. The first-order valence-corrected chi connectivity index (χ1v) is 33.1. The Kier molecular flexibility index (Phi) is 28.1. The molecule has 4 aromatic heterocycles. The molecular formula is C78H90N8O16. The van der Waals surface area contributed by atoms with E-state index in [1.54, 1.807) is 78.2 Å². The van der Waals surface area contributed by atoms with Gasteiger partial charge in [-0.2, -0.15) is 0 Å². The van der Waals surface area contributed by atoms with E-state index in [2.05, 4.69) is 30.6 Å². The lowest BCUT2D eigenvalue weighted by Crippen LogP contribution is -2.38. The quantitative estimate of drug-likeness (QED) is 0.0290. The van der Waals surface area contributed by atoms with Crippen LogP contribution in [0, 0.1) is 13.8 Å². The van der Waals surface area contributed by atoms with Crippen molar-refractivity contribution in [2.75, 3.05) is 50.2 Å². The van der Waals surface area contributed by atoms with E-state index >= 15 is 0 Å². The lowest BCUT2D eigenvalue weighted by Gasteiger charge is -2.27. The number of methoxy groups -OCH3 is 2. The Labute approximate surface area is 593 Å². The zero-order chi connectivity index (χ0) is 72.8. The van der Waals surface area contributed by atoms with Gasteiger partial charge in [0.05, 0.1) is 40.2 Å². The molecule has 4 heterocycles. The molecule has 3 N–H and O–H groups in total. The maximum Gasteiger partial charge on any atom is 0.416 e. The summed E-state index contributed by atoms with van der Waals surface area (Å²) in [6.45, 7) is 14.8. The van der Waals surface area contributed by atoms with E-state index in [9.17, 15) is 43.5 Å². The van der Waals surface area contributed by atoms with Gasteiger partial charge in [0.2, 0.25) is 11.8 Å². The van der Waals surface area contributed by atoms with Crippen LogP contribution in [-0.4, -0.2) is 124 Å². The number of benzene rings is 5. The minimum atomic E-state index is -0.708. The molecule has 538 valence electrons. The number of phenols is 1. The Hall–Kier alpha value is -11.3. The smallest absolute Gasteiger partial charge is 0.416 e. The van der Waals surface area contributed by atoms with Crippen LogP contribution in [0.5, 0.6) is 11.5 Å². The Morgan fingerprint density at radius 1 is 0.529 bits per heavy atom. The molecular weight excluding hydrogens is 1300 g/mol. The Morgan fingerprint density at radius 2 is 0.961 bits per heavy atom. The third-order valence-electron chi connectivity index (χ3n) is 15.9. The molecule has 24 heteroatoms. The van der Waals surface area contributed by atoms with E-state index in [0.29, 0.717) is 59.0 Å². The maximum absolute atomic E-state index is 13.1. The summed E-state index contributed by atoms with van der Waals surface area (Å²) in [6.07, 6.45) is 5.50. The van der Waals surface area contributed by atoms with Gasteiger partial charge in [-0.05, 0) is 156 Å². The molecule has 0 bridgehead atoms. The zero-order valence-electron chi connectivity index (χ0n) is 58.5. The van der Waals surface area contributed by atoms with Crippen molar-refractivity contribution in [2.45, 2.75) is 144 Å². The summed E-state index contributed by atoms with van der Waals surface area (Å²) in [4.78, 5) is 122. The lowest BCUT2D eigenvalue weighted by atomic mass is 9.89. The fraction of sp³-hybridized carbons (Fsp3) is 0.359. The van der Waals surface area contributed by atoms with Gasteiger partial charge in [-0.1, -0.05) is 86.3 Å². The van der Waals surface area contributed by atoms with E-state index in [4.69, 9.17) is 32.5 Å². The topological polar surface area (TPSA) is 311 Å². The van der Waals surface area contributed by atoms with E-state index in [1.165, 1.54) is 36.8 Å². The number of oxazole rings is 2. The second-order valence-corrected chi connectivity index (χ2v) is 26.2. The van der Waals surface area contributed by atoms with E-state index in [1.807, 2.05) is 117 Å². The number of fused-ring (bicyclic) bond motifs is 2. The monoisotopic (exact) mass is 1390 g/mol. The van der Waals surface area contributed by atoms with Crippen LogP contribution in [0.25, 0.3) is 44.5 Å². The number of anilines is 2. The minimum Gasteiger partial charge on any atom is -0.506 e. The molecule has 0 fully saturated rings. The molecule has 0 saturated carbocycles. The van der Waals surface area contributed by atoms with E-state index in [0.717, 1.165) is 50.1 Å². The van der Waals surface area contributed by atoms with E-state index < -0.39 is 47.2 Å². The highest BCUT2D eigenvalue weighted by Gasteiger charge is 2.28. The van der Waals surface area contributed by atoms with Gasteiger partial charge in [0.15, 0.2) is 46.6 Å². The average molecular weight is 1400 g/mol. The second kappa shape index (κ2) is 36.7. The van der Waals surface area contributed by atoms with Gasteiger partial charge in [0.25, 0.3) is 0 Å². The molecule has 9 rings (SSSR count). The fourth-order valence-corrected chi connectivity index (χ4v) is 10.9. The molecule has 0 saturated heterocycles. The average Bonchev–Trinajstić information content (AvgIpc) is 1.52. The summed E-state index contributed by atoms with van der Waals surface area (Å²) in [6, 6.07) is 39.0. The van der Waals surface area contributed by atoms with Crippen molar-refractivity contribution in [3.63, 3.8) is 0 Å². The van der Waals surface area contributed by atoms with Gasteiger partial charge in [0.1, 0.15) is 40.9 Å². The van der Waals surface area contributed by atoms with Crippen LogP contribution in [0.2, 0.25) is 0 Å². The number of esters is 2. The number of amides is 4. The van der Waals surface area contributed by atoms with Crippen molar-refractivity contribution in [2.24, 2.45) is 0 Å². The standard InChI is InChI=1S/C42H46N4O8.C35H40N4O8.CH4/c1-28-19-20-43-36(22-28)46(41(50)54-42(2,3)4)21-9-12-37(48)44-25-33(47)23-32(24-38(49)51-5)30-13-15-31(16-14-30)34-17-18-35(39-40(34)53-27-45-39)52-26-29-10-7-6-8-11-29;1-22-14-15-36-29(17-22)39(34(44)47-35(2,3)4)16-6-7-30(42)37-20-26(40)18-25(19-31(43)45-5)23-8-10-24(11-9-23)27-12-13-28(41)32-33(27)46-21-38-32;/h6-8,10-11,13-20,22,27,32H,9,12,21,23-26H2,1-5H3,(H,44,48);8-15,17,21,25,41H,6-7,16,18-20H2,1-5H3,(H,37,42);1H4/t32-;25-;/m00./s1. The number of carbonyl (C=O) groups excluding carboxylic acids is 8. The highest BCUT2D eigenvalue weighted by Crippen LogP contribution is 2.37. The predicted molar refractivity (Wildman–Crippen MR) is 386 cm³/mol. The molecule has 0 aliphatic carbocycles. The summed E-state index contributed by atoms with van der Waals surface area (Å²) in [5.74, 6) is -1.57. The Balaban J connectivity index is 0.000000286. The molecule has 0 spiro atoms. The molecule has 0 unspecified atom stereocenters. The molecule has 2 atom stereocenters. The summed E-state index contributed by atoms with van der Waals surface area (Å²) in [5, 5.41) is 15.4. The molecule has 0 radical (unpaired) electrons. The predicted octanol–water partition coefficient (Wildman–Crippen LogP) is 14.2. The number of aryl methyl sites for hydroxylation is 2. The zero-order valence-corrected chi connectivity index (χ0v) is 58.5. The van der Waals surface area contributed by atoms with Gasteiger partial charge >= 0.3 is 24.1 Å². The number of hydrogen-bond donors (Lipinski definition) is 3. The molecule has 24 nitrogen and oxygen atoms in total. The number of ether oxygens (including phenoxy) is 5. The summed E-state index contributed by atoms with van der Waals surface area (Å²) >= 11 is 0. The number of aromatic nitrogens is 4. The molecule has 4 amide bonds. The van der Waals surface area contributed by atoms with Gasteiger partial charge in [-0.15, -0.1) is 0 Å². The second-order valence-electron chi connectivity index (χ2n) is 26.2. The fourth-order valence-electron chi connectivity index (χ4n) is 10.9. The number of pyridine rings is 2. The SMILES string of the molecule is C.COC(=O)C[C@H](CC(=O)CNC(=O)CCCN(C(=O)OC(C)(C)C)c1cc(C)ccn1)c1ccc(-c2ccc(O)c3ncoc23)cc1.COC(=O)C[C@H](CC(=O)CNC(=O)CCCN(C(=O)OC(C)(C)C)c1cc(C)ccn1)c1ccc(-c2ccc(OCc3ccccc3)c3ncoc23)cc1. The van der Waals surface area contributed by atoms with Crippen LogP contribution in [-0.2, 0) is 54.3 Å². The van der Waals surface area contributed by atoms with Crippen molar-refractivity contribution in [1.29, 1.82) is 0 Å². The first-order chi connectivity index (χ1) is 48.2. The Morgan fingerprint density at radius 3 is 1.39 bits per heavy atom. The van der Waals surface area contributed by atoms with Crippen LogP contribution in [0.15, 0.2) is 161 Å². The van der Waals surface area contributed by atoms with Crippen molar-refractivity contribution in [3.05, 3.63) is 180 Å². The first-order valence-electron chi connectivity index (χ1n) is 33.1. The van der Waals surface area contributed by atoms with Crippen LogP contribution in [0.1, 0.15) is 140 Å². The van der Waals surface area contributed by atoms with Crippen molar-refractivity contribution < 1.29 is 76.0 Å². The molecule has 5 aromatic carbocycles. The molecule has 0 aliphatic heterocycles. The lowest BCUT2D eigenvalue weighted by molar-refractivity contribution is -0.142. The van der Waals surface area contributed by atoms with Gasteiger partial charge in [-0.25, -0.2) is 29.5 Å². The third kappa shape index (κ3) is 23.1. The maximum atomic E-state index is 13.1.